The molecule has 3 aromatic heterocycles. The Morgan fingerprint density at radius 2 is 1.79 bits per heavy atom. The van der Waals surface area contributed by atoms with Crippen LogP contribution in [-0.2, 0) is 0 Å². The highest BCUT2D eigenvalue weighted by Gasteiger charge is 2.17. The average Bonchev–Trinajstić information content (AvgIpc) is 3.07. The molecule has 4 aromatic rings. The first kappa shape index (κ1) is 15.3. The van der Waals surface area contributed by atoms with E-state index in [1.54, 1.807) is 17.5 Å². The van der Waals surface area contributed by atoms with Crippen LogP contribution in [0.4, 0.5) is 0 Å². The molecule has 0 bridgehead atoms. The number of hydrogen-bond acceptors (Lipinski definition) is 4. The SMILES string of the molecule is NC(c1ccccn1)c1cc(Cl)c2c(-c3ccccc3)csc2n1. The van der Waals surface area contributed by atoms with Gasteiger partial charge in [0.1, 0.15) is 4.83 Å². The van der Waals surface area contributed by atoms with Crippen molar-refractivity contribution in [3.05, 3.63) is 82.6 Å². The molecule has 1 atom stereocenters. The van der Waals surface area contributed by atoms with E-state index in [-0.39, 0.29) is 0 Å². The average molecular weight is 352 g/mol. The Hall–Kier alpha value is -2.27. The number of pyridine rings is 2. The van der Waals surface area contributed by atoms with Crippen molar-refractivity contribution in [2.75, 3.05) is 0 Å². The van der Waals surface area contributed by atoms with Crippen LogP contribution in [0.2, 0.25) is 5.02 Å². The van der Waals surface area contributed by atoms with Crippen LogP contribution in [-0.4, -0.2) is 9.97 Å². The van der Waals surface area contributed by atoms with Gasteiger partial charge in [0.25, 0.3) is 0 Å². The standard InChI is InChI=1S/C19H14ClN3S/c20-14-10-16(18(21)15-8-4-5-9-22-15)23-19-17(14)13(11-24-19)12-6-2-1-3-7-12/h1-11,18H,21H2. The molecular weight excluding hydrogens is 338 g/mol. The summed E-state index contributed by atoms with van der Waals surface area (Å²) in [5.41, 5.74) is 10.1. The van der Waals surface area contributed by atoms with E-state index in [0.717, 1.165) is 32.7 Å². The predicted octanol–water partition coefficient (Wildman–Crippen LogP) is 5.06. The maximum absolute atomic E-state index is 6.58. The molecule has 0 saturated carbocycles. The number of thiophene rings is 1. The molecule has 0 aliphatic carbocycles. The molecule has 0 spiro atoms. The first-order valence-electron chi connectivity index (χ1n) is 7.53. The molecule has 0 amide bonds. The van der Waals surface area contributed by atoms with Gasteiger partial charge in [0.15, 0.2) is 0 Å². The molecular formula is C19H14ClN3S. The van der Waals surface area contributed by atoms with E-state index in [1.165, 1.54) is 0 Å². The minimum Gasteiger partial charge on any atom is -0.318 e. The van der Waals surface area contributed by atoms with E-state index >= 15 is 0 Å². The summed E-state index contributed by atoms with van der Waals surface area (Å²) in [4.78, 5) is 9.93. The normalized spacial score (nSPS) is 12.4. The maximum atomic E-state index is 6.58. The highest BCUT2D eigenvalue weighted by molar-refractivity contribution is 7.17. The van der Waals surface area contributed by atoms with Crippen molar-refractivity contribution in [2.45, 2.75) is 6.04 Å². The van der Waals surface area contributed by atoms with E-state index < -0.39 is 6.04 Å². The van der Waals surface area contributed by atoms with Crippen LogP contribution in [0, 0.1) is 0 Å². The van der Waals surface area contributed by atoms with Gasteiger partial charge in [-0.1, -0.05) is 48.0 Å². The summed E-state index contributed by atoms with van der Waals surface area (Å²) in [6.45, 7) is 0. The fraction of sp³-hybridized carbons (Fsp3) is 0.0526. The van der Waals surface area contributed by atoms with Crippen LogP contribution in [0.1, 0.15) is 17.4 Å². The van der Waals surface area contributed by atoms with Crippen LogP contribution in [0.5, 0.6) is 0 Å². The zero-order chi connectivity index (χ0) is 16.5. The number of benzene rings is 1. The minimum absolute atomic E-state index is 0.393. The van der Waals surface area contributed by atoms with Gasteiger partial charge in [0, 0.05) is 22.5 Å². The predicted molar refractivity (Wildman–Crippen MR) is 100 cm³/mol. The Labute approximate surface area is 148 Å². The van der Waals surface area contributed by atoms with Gasteiger partial charge in [-0.25, -0.2) is 4.98 Å². The van der Waals surface area contributed by atoms with Gasteiger partial charge < -0.3 is 5.73 Å². The largest absolute Gasteiger partial charge is 0.318 e. The summed E-state index contributed by atoms with van der Waals surface area (Å²) in [5, 5.41) is 3.74. The smallest absolute Gasteiger partial charge is 0.125 e. The second-order valence-electron chi connectivity index (χ2n) is 5.46. The number of nitrogens with two attached hydrogens (primary N) is 1. The molecule has 0 fully saturated rings. The quantitative estimate of drug-likeness (QED) is 0.561. The van der Waals surface area contributed by atoms with Crippen molar-refractivity contribution >= 4 is 33.2 Å². The molecule has 0 aliphatic rings. The van der Waals surface area contributed by atoms with Gasteiger partial charge >= 0.3 is 0 Å². The second-order valence-corrected chi connectivity index (χ2v) is 6.72. The summed E-state index contributed by atoms with van der Waals surface area (Å²) < 4.78 is 0. The molecule has 2 N–H and O–H groups in total. The molecule has 118 valence electrons. The third kappa shape index (κ3) is 2.69. The third-order valence-electron chi connectivity index (χ3n) is 3.93. The third-order valence-corrected chi connectivity index (χ3v) is 5.10. The van der Waals surface area contributed by atoms with E-state index in [2.05, 4.69) is 22.5 Å². The molecule has 5 heteroatoms. The number of nitrogens with zero attached hydrogens (tertiary/aromatic N) is 2. The van der Waals surface area contributed by atoms with E-state index in [4.69, 9.17) is 22.3 Å². The number of hydrogen-bond donors (Lipinski definition) is 1. The van der Waals surface area contributed by atoms with Gasteiger partial charge in [0.05, 0.1) is 22.5 Å². The maximum Gasteiger partial charge on any atom is 0.125 e. The van der Waals surface area contributed by atoms with E-state index in [1.807, 2.05) is 42.5 Å². The molecule has 3 heterocycles. The number of halogens is 1. The lowest BCUT2D eigenvalue weighted by molar-refractivity contribution is 0.801. The lowest BCUT2D eigenvalue weighted by Gasteiger charge is -2.11. The Balaban J connectivity index is 1.82. The molecule has 24 heavy (non-hydrogen) atoms. The van der Waals surface area contributed by atoms with Crippen molar-refractivity contribution in [3.8, 4) is 11.1 Å². The Morgan fingerprint density at radius 3 is 2.54 bits per heavy atom. The zero-order valence-electron chi connectivity index (χ0n) is 12.7. The highest BCUT2D eigenvalue weighted by atomic mass is 35.5. The Bertz CT molecular complexity index is 984. The van der Waals surface area contributed by atoms with Crippen LogP contribution < -0.4 is 5.73 Å². The highest BCUT2D eigenvalue weighted by Crippen LogP contribution is 2.38. The Morgan fingerprint density at radius 1 is 1.00 bits per heavy atom. The number of aromatic nitrogens is 2. The summed E-state index contributed by atoms with van der Waals surface area (Å²) in [7, 11) is 0. The zero-order valence-corrected chi connectivity index (χ0v) is 14.3. The van der Waals surface area contributed by atoms with Crippen LogP contribution >= 0.6 is 22.9 Å². The van der Waals surface area contributed by atoms with Crippen LogP contribution in [0.15, 0.2) is 66.2 Å². The molecule has 3 nitrogen and oxygen atoms in total. The van der Waals surface area contributed by atoms with Crippen molar-refractivity contribution in [1.29, 1.82) is 0 Å². The molecule has 1 aromatic carbocycles. The van der Waals surface area contributed by atoms with E-state index in [0.29, 0.717) is 5.02 Å². The lowest BCUT2D eigenvalue weighted by Crippen LogP contribution is -2.14. The van der Waals surface area contributed by atoms with Gasteiger partial charge in [-0.05, 0) is 23.8 Å². The van der Waals surface area contributed by atoms with Gasteiger partial charge in [0.2, 0.25) is 0 Å². The summed E-state index contributed by atoms with van der Waals surface area (Å²) in [6, 6.07) is 17.3. The molecule has 0 saturated heterocycles. The molecule has 1 unspecified atom stereocenters. The fourth-order valence-corrected chi connectivity index (χ4v) is 4.05. The van der Waals surface area contributed by atoms with Crippen molar-refractivity contribution in [2.24, 2.45) is 5.73 Å². The fourth-order valence-electron chi connectivity index (χ4n) is 2.71. The Kier molecular flexibility index (Phi) is 4.02. The summed E-state index contributed by atoms with van der Waals surface area (Å²) in [5.74, 6) is 0. The van der Waals surface area contributed by atoms with Crippen molar-refractivity contribution in [1.82, 2.24) is 9.97 Å². The van der Waals surface area contributed by atoms with Crippen molar-refractivity contribution < 1.29 is 0 Å². The van der Waals surface area contributed by atoms with Crippen LogP contribution in [0.25, 0.3) is 21.3 Å². The lowest BCUT2D eigenvalue weighted by atomic mass is 10.0. The second kappa shape index (κ2) is 6.32. The molecule has 0 aliphatic heterocycles. The van der Waals surface area contributed by atoms with Gasteiger partial charge in [-0.3, -0.25) is 4.98 Å². The molecule has 0 radical (unpaired) electrons. The van der Waals surface area contributed by atoms with Gasteiger partial charge in [-0.2, -0.15) is 0 Å². The monoisotopic (exact) mass is 351 g/mol. The number of fused-ring (bicyclic) bond motifs is 1. The topological polar surface area (TPSA) is 51.8 Å². The van der Waals surface area contributed by atoms with Crippen LogP contribution in [0.3, 0.4) is 0 Å². The van der Waals surface area contributed by atoms with E-state index in [9.17, 15) is 0 Å². The van der Waals surface area contributed by atoms with Gasteiger partial charge in [-0.15, -0.1) is 11.3 Å². The summed E-state index contributed by atoms with van der Waals surface area (Å²) >= 11 is 8.16. The first-order valence-corrected chi connectivity index (χ1v) is 8.79. The minimum atomic E-state index is -0.393. The molecule has 4 rings (SSSR count). The summed E-state index contributed by atoms with van der Waals surface area (Å²) in [6.07, 6.45) is 1.73. The van der Waals surface area contributed by atoms with Crippen molar-refractivity contribution in [3.63, 3.8) is 0 Å². The number of rotatable bonds is 3. The first-order chi connectivity index (χ1) is 11.7.